The number of carbonyl (C=O) groups excluding carboxylic acids is 1. The SMILES string of the molecule is Cc1ccc(OCC(=O)Nc2ccc(C)c(C)c2)c(C(C)(C)C)c1. The molecule has 2 aromatic carbocycles. The summed E-state index contributed by atoms with van der Waals surface area (Å²) >= 11 is 0. The Bertz CT molecular complexity index is 742. The number of anilines is 1. The van der Waals surface area contributed by atoms with Gasteiger partial charge in [-0.25, -0.2) is 0 Å². The average Bonchev–Trinajstić information content (AvgIpc) is 2.49. The van der Waals surface area contributed by atoms with E-state index in [0.29, 0.717) is 0 Å². The van der Waals surface area contributed by atoms with Crippen LogP contribution in [0.2, 0.25) is 0 Å². The zero-order valence-corrected chi connectivity index (χ0v) is 15.5. The number of ether oxygens (including phenoxy) is 1. The van der Waals surface area contributed by atoms with E-state index in [1.807, 2.05) is 37.3 Å². The molecule has 0 unspecified atom stereocenters. The number of rotatable bonds is 4. The van der Waals surface area contributed by atoms with Gasteiger partial charge in [-0.2, -0.15) is 0 Å². The molecule has 0 fully saturated rings. The fourth-order valence-electron chi connectivity index (χ4n) is 2.52. The summed E-state index contributed by atoms with van der Waals surface area (Å²) in [6.45, 7) is 12.6. The minimum atomic E-state index is -0.154. The van der Waals surface area contributed by atoms with E-state index in [0.717, 1.165) is 22.6 Å². The Hall–Kier alpha value is -2.29. The highest BCUT2D eigenvalue weighted by Gasteiger charge is 2.19. The topological polar surface area (TPSA) is 38.3 Å². The molecular weight excluding hydrogens is 298 g/mol. The largest absolute Gasteiger partial charge is 0.483 e. The van der Waals surface area contributed by atoms with Crippen molar-refractivity contribution in [2.24, 2.45) is 0 Å². The summed E-state index contributed by atoms with van der Waals surface area (Å²) in [6.07, 6.45) is 0. The van der Waals surface area contributed by atoms with E-state index in [2.05, 4.69) is 46.0 Å². The smallest absolute Gasteiger partial charge is 0.262 e. The lowest BCUT2D eigenvalue weighted by Crippen LogP contribution is -2.22. The third kappa shape index (κ3) is 4.60. The van der Waals surface area contributed by atoms with E-state index < -0.39 is 0 Å². The Morgan fingerprint density at radius 1 is 1.00 bits per heavy atom. The van der Waals surface area contributed by atoms with E-state index in [-0.39, 0.29) is 17.9 Å². The van der Waals surface area contributed by atoms with Crippen molar-refractivity contribution in [3.63, 3.8) is 0 Å². The minimum Gasteiger partial charge on any atom is -0.483 e. The highest BCUT2D eigenvalue weighted by Crippen LogP contribution is 2.32. The van der Waals surface area contributed by atoms with Gasteiger partial charge in [-0.1, -0.05) is 44.5 Å². The second-order valence-corrected chi connectivity index (χ2v) is 7.39. The van der Waals surface area contributed by atoms with Gasteiger partial charge < -0.3 is 10.1 Å². The van der Waals surface area contributed by atoms with Crippen LogP contribution in [0.15, 0.2) is 36.4 Å². The van der Waals surface area contributed by atoms with Crippen LogP contribution in [-0.2, 0) is 10.2 Å². The van der Waals surface area contributed by atoms with Crippen LogP contribution >= 0.6 is 0 Å². The van der Waals surface area contributed by atoms with E-state index >= 15 is 0 Å². The van der Waals surface area contributed by atoms with Crippen molar-refractivity contribution in [3.8, 4) is 5.75 Å². The molecule has 0 aromatic heterocycles. The molecule has 1 amide bonds. The molecular formula is C21H27NO2. The molecule has 2 aromatic rings. The number of amides is 1. The molecule has 3 nitrogen and oxygen atoms in total. The molecule has 24 heavy (non-hydrogen) atoms. The Morgan fingerprint density at radius 3 is 2.33 bits per heavy atom. The number of hydrogen-bond donors (Lipinski definition) is 1. The van der Waals surface area contributed by atoms with Gasteiger partial charge in [0.15, 0.2) is 6.61 Å². The second-order valence-electron chi connectivity index (χ2n) is 7.39. The van der Waals surface area contributed by atoms with E-state index in [4.69, 9.17) is 4.74 Å². The first-order chi connectivity index (χ1) is 11.2. The monoisotopic (exact) mass is 325 g/mol. The van der Waals surface area contributed by atoms with Crippen molar-refractivity contribution < 1.29 is 9.53 Å². The second kappa shape index (κ2) is 7.08. The molecule has 0 radical (unpaired) electrons. The first-order valence-corrected chi connectivity index (χ1v) is 8.28. The summed E-state index contributed by atoms with van der Waals surface area (Å²) in [5, 5.41) is 2.89. The van der Waals surface area contributed by atoms with Crippen LogP contribution in [0.25, 0.3) is 0 Å². The normalized spacial score (nSPS) is 11.2. The summed E-state index contributed by atoms with van der Waals surface area (Å²) < 4.78 is 5.79. The molecule has 0 saturated heterocycles. The quantitative estimate of drug-likeness (QED) is 0.866. The maximum absolute atomic E-state index is 12.2. The van der Waals surface area contributed by atoms with Gasteiger partial charge >= 0.3 is 0 Å². The van der Waals surface area contributed by atoms with Gasteiger partial charge in [0.05, 0.1) is 0 Å². The third-order valence-corrected chi connectivity index (χ3v) is 4.09. The van der Waals surface area contributed by atoms with Crippen molar-refractivity contribution in [3.05, 3.63) is 58.7 Å². The first-order valence-electron chi connectivity index (χ1n) is 8.28. The molecule has 1 N–H and O–H groups in total. The van der Waals surface area contributed by atoms with Gasteiger partial charge in [-0.3, -0.25) is 4.79 Å². The highest BCUT2D eigenvalue weighted by molar-refractivity contribution is 5.92. The summed E-state index contributed by atoms with van der Waals surface area (Å²) in [5.41, 5.74) is 5.42. The molecule has 3 heteroatoms. The highest BCUT2D eigenvalue weighted by atomic mass is 16.5. The predicted octanol–water partition coefficient (Wildman–Crippen LogP) is 4.93. The summed E-state index contributed by atoms with van der Waals surface area (Å²) in [6, 6.07) is 12.0. The maximum Gasteiger partial charge on any atom is 0.262 e. The van der Waals surface area contributed by atoms with Crippen LogP contribution in [0.5, 0.6) is 5.75 Å². The summed E-state index contributed by atoms with van der Waals surface area (Å²) in [7, 11) is 0. The summed E-state index contributed by atoms with van der Waals surface area (Å²) in [5.74, 6) is 0.613. The number of aryl methyl sites for hydroxylation is 3. The van der Waals surface area contributed by atoms with Gasteiger partial charge in [-0.15, -0.1) is 0 Å². The lowest BCUT2D eigenvalue weighted by atomic mass is 9.85. The Balaban J connectivity index is 2.05. The lowest BCUT2D eigenvalue weighted by molar-refractivity contribution is -0.118. The number of hydrogen-bond acceptors (Lipinski definition) is 2. The van der Waals surface area contributed by atoms with Gasteiger partial charge in [0.25, 0.3) is 5.91 Å². The molecule has 0 aliphatic rings. The number of nitrogens with one attached hydrogen (secondary N) is 1. The first kappa shape index (κ1) is 18.1. The van der Waals surface area contributed by atoms with Gasteiger partial charge in [0.1, 0.15) is 5.75 Å². The Labute approximate surface area is 145 Å². The van der Waals surface area contributed by atoms with Crippen LogP contribution in [0.1, 0.15) is 43.0 Å². The lowest BCUT2D eigenvalue weighted by Gasteiger charge is -2.23. The van der Waals surface area contributed by atoms with Crippen molar-refractivity contribution in [2.45, 2.75) is 47.0 Å². The zero-order valence-electron chi connectivity index (χ0n) is 15.5. The molecule has 2 rings (SSSR count). The fraction of sp³-hybridized carbons (Fsp3) is 0.381. The molecule has 0 heterocycles. The van der Waals surface area contributed by atoms with Crippen LogP contribution in [-0.4, -0.2) is 12.5 Å². The van der Waals surface area contributed by atoms with Crippen LogP contribution in [0.4, 0.5) is 5.69 Å². The maximum atomic E-state index is 12.2. The zero-order chi connectivity index (χ0) is 17.9. The standard InChI is InChI=1S/C21H27NO2/c1-14-7-10-19(18(11-14)21(4,5)6)24-13-20(23)22-17-9-8-15(2)16(3)12-17/h7-12H,13H2,1-6H3,(H,22,23). The fourth-order valence-corrected chi connectivity index (χ4v) is 2.52. The molecule has 0 aliphatic carbocycles. The third-order valence-electron chi connectivity index (χ3n) is 4.09. The van der Waals surface area contributed by atoms with Crippen molar-refractivity contribution >= 4 is 11.6 Å². The van der Waals surface area contributed by atoms with Crippen molar-refractivity contribution in [1.82, 2.24) is 0 Å². The van der Waals surface area contributed by atoms with E-state index in [1.54, 1.807) is 0 Å². The van der Waals surface area contributed by atoms with E-state index in [1.165, 1.54) is 11.1 Å². The van der Waals surface area contributed by atoms with Gasteiger partial charge in [0.2, 0.25) is 0 Å². The van der Waals surface area contributed by atoms with Crippen LogP contribution in [0, 0.1) is 20.8 Å². The number of carbonyl (C=O) groups is 1. The molecule has 0 bridgehead atoms. The average molecular weight is 325 g/mol. The number of benzene rings is 2. The Kier molecular flexibility index (Phi) is 5.33. The molecule has 0 atom stereocenters. The van der Waals surface area contributed by atoms with Crippen LogP contribution in [0.3, 0.4) is 0 Å². The van der Waals surface area contributed by atoms with Crippen molar-refractivity contribution in [2.75, 3.05) is 11.9 Å². The van der Waals surface area contributed by atoms with Gasteiger partial charge in [-0.05, 0) is 61.1 Å². The predicted molar refractivity (Wildman–Crippen MR) is 99.9 cm³/mol. The molecule has 0 aliphatic heterocycles. The van der Waals surface area contributed by atoms with Crippen LogP contribution < -0.4 is 10.1 Å². The summed E-state index contributed by atoms with van der Waals surface area (Å²) in [4.78, 5) is 12.2. The Morgan fingerprint density at radius 2 is 1.71 bits per heavy atom. The molecule has 0 saturated carbocycles. The van der Waals surface area contributed by atoms with Crippen molar-refractivity contribution in [1.29, 1.82) is 0 Å². The van der Waals surface area contributed by atoms with Gasteiger partial charge in [0, 0.05) is 5.69 Å². The van der Waals surface area contributed by atoms with E-state index in [9.17, 15) is 4.79 Å². The minimum absolute atomic E-state index is 0.000928. The molecule has 0 spiro atoms. The molecule has 128 valence electrons.